The van der Waals surface area contributed by atoms with Gasteiger partial charge in [0.2, 0.25) is 0 Å². The maximum atomic E-state index is 9.65. The van der Waals surface area contributed by atoms with Crippen LogP contribution >= 0.6 is 58.0 Å². The highest BCUT2D eigenvalue weighted by Gasteiger charge is 2.17. The van der Waals surface area contributed by atoms with Gasteiger partial charge in [-0.05, 0) is 23.8 Å². The molecule has 0 saturated heterocycles. The van der Waals surface area contributed by atoms with Crippen molar-refractivity contribution in [2.75, 3.05) is 0 Å². The quantitative estimate of drug-likeness (QED) is 0.611. The SMILES string of the molecule is Oc1cc(-c2cc(Cl)c(O)c(Cl)c2Cl)cc(Cl)c1Cl. The first-order chi connectivity index (χ1) is 8.82. The zero-order valence-corrected chi connectivity index (χ0v) is 12.8. The molecule has 2 nitrogen and oxygen atoms in total. The first kappa shape index (κ1) is 14.9. The van der Waals surface area contributed by atoms with Crippen LogP contribution in [0, 0.1) is 0 Å². The van der Waals surface area contributed by atoms with E-state index in [1.165, 1.54) is 18.2 Å². The Hall–Kier alpha value is -0.510. The summed E-state index contributed by atoms with van der Waals surface area (Å²) in [4.78, 5) is 0. The van der Waals surface area contributed by atoms with Gasteiger partial charge in [-0.15, -0.1) is 0 Å². The van der Waals surface area contributed by atoms with Crippen molar-refractivity contribution in [2.24, 2.45) is 0 Å². The second kappa shape index (κ2) is 5.47. The molecule has 19 heavy (non-hydrogen) atoms. The predicted molar refractivity (Wildman–Crippen MR) is 80.3 cm³/mol. The van der Waals surface area contributed by atoms with Gasteiger partial charge >= 0.3 is 0 Å². The van der Waals surface area contributed by atoms with Crippen molar-refractivity contribution in [1.82, 2.24) is 0 Å². The Morgan fingerprint density at radius 2 is 1.32 bits per heavy atom. The van der Waals surface area contributed by atoms with Crippen molar-refractivity contribution in [3.05, 3.63) is 43.3 Å². The van der Waals surface area contributed by atoms with Crippen molar-refractivity contribution in [3.8, 4) is 22.6 Å². The van der Waals surface area contributed by atoms with Crippen LogP contribution in [0.15, 0.2) is 18.2 Å². The fourth-order valence-corrected chi connectivity index (χ4v) is 2.56. The molecule has 0 aromatic heterocycles. The Morgan fingerprint density at radius 1 is 0.684 bits per heavy atom. The molecule has 0 fully saturated rings. The maximum absolute atomic E-state index is 9.65. The summed E-state index contributed by atoms with van der Waals surface area (Å²) in [5.74, 6) is -0.498. The molecular weight excluding hydrogens is 353 g/mol. The molecular formula is C12H5Cl5O2. The average Bonchev–Trinajstić information content (AvgIpc) is 2.37. The summed E-state index contributed by atoms with van der Waals surface area (Å²) in [5.41, 5.74) is 0.893. The van der Waals surface area contributed by atoms with Gasteiger partial charge in [0.1, 0.15) is 15.8 Å². The highest BCUT2D eigenvalue weighted by atomic mass is 35.5. The fraction of sp³-hybridized carbons (Fsp3) is 0. The summed E-state index contributed by atoms with van der Waals surface area (Å²) in [7, 11) is 0. The minimum atomic E-state index is -0.304. The third-order valence-electron chi connectivity index (χ3n) is 2.45. The Bertz CT molecular complexity index is 647. The highest BCUT2D eigenvalue weighted by molar-refractivity contribution is 6.47. The summed E-state index contributed by atoms with van der Waals surface area (Å²) in [6, 6.07) is 4.30. The van der Waals surface area contributed by atoms with E-state index in [4.69, 9.17) is 58.0 Å². The van der Waals surface area contributed by atoms with E-state index >= 15 is 0 Å². The lowest BCUT2D eigenvalue weighted by Gasteiger charge is -2.11. The zero-order valence-electron chi connectivity index (χ0n) is 9.02. The molecule has 0 amide bonds. The number of hydrogen-bond acceptors (Lipinski definition) is 2. The Morgan fingerprint density at radius 3 is 1.89 bits per heavy atom. The van der Waals surface area contributed by atoms with Gasteiger partial charge in [0.05, 0.1) is 15.1 Å². The summed E-state index contributed by atoms with van der Waals surface area (Å²) < 4.78 is 0. The largest absolute Gasteiger partial charge is 0.506 e. The molecule has 2 aromatic carbocycles. The number of aromatic hydroxyl groups is 2. The maximum Gasteiger partial charge on any atom is 0.154 e. The Labute approximate surface area is 134 Å². The fourth-order valence-electron chi connectivity index (χ4n) is 1.53. The Kier molecular flexibility index (Phi) is 4.29. The molecule has 0 radical (unpaired) electrons. The molecule has 7 heteroatoms. The predicted octanol–water partition coefficient (Wildman–Crippen LogP) is 6.03. The van der Waals surface area contributed by atoms with Gasteiger partial charge in [-0.1, -0.05) is 58.0 Å². The molecule has 0 aliphatic carbocycles. The van der Waals surface area contributed by atoms with Crippen molar-refractivity contribution < 1.29 is 10.2 Å². The third-order valence-corrected chi connectivity index (χ3v) is 4.39. The molecule has 0 aliphatic rings. The first-order valence-corrected chi connectivity index (χ1v) is 6.76. The standard InChI is InChI=1S/C12H5Cl5O2/c13-6-1-4(2-8(18)10(6)16)5-3-7(14)12(19)11(17)9(5)15/h1-3,18-19H. The molecule has 0 unspecified atom stereocenters. The molecule has 0 saturated carbocycles. The minimum Gasteiger partial charge on any atom is -0.506 e. The van der Waals surface area contributed by atoms with E-state index < -0.39 is 0 Å². The monoisotopic (exact) mass is 356 g/mol. The van der Waals surface area contributed by atoms with Crippen LogP contribution in [-0.4, -0.2) is 10.2 Å². The molecule has 0 spiro atoms. The number of benzene rings is 2. The summed E-state index contributed by atoms with van der Waals surface area (Å²) >= 11 is 29.4. The number of hydrogen-bond donors (Lipinski definition) is 2. The summed E-state index contributed by atoms with van der Waals surface area (Å²) in [6.45, 7) is 0. The van der Waals surface area contributed by atoms with Gasteiger partial charge in [-0.25, -0.2) is 0 Å². The normalized spacial score (nSPS) is 10.8. The smallest absolute Gasteiger partial charge is 0.154 e. The average molecular weight is 358 g/mol. The molecule has 0 bridgehead atoms. The van der Waals surface area contributed by atoms with Crippen molar-refractivity contribution in [3.63, 3.8) is 0 Å². The second-order valence-electron chi connectivity index (χ2n) is 3.67. The lowest BCUT2D eigenvalue weighted by molar-refractivity contribution is 0.476. The topological polar surface area (TPSA) is 40.5 Å². The van der Waals surface area contributed by atoms with Gasteiger partial charge < -0.3 is 10.2 Å². The van der Waals surface area contributed by atoms with E-state index in [0.29, 0.717) is 11.1 Å². The van der Waals surface area contributed by atoms with Crippen molar-refractivity contribution in [2.45, 2.75) is 0 Å². The first-order valence-electron chi connectivity index (χ1n) is 4.87. The zero-order chi connectivity index (χ0) is 14.3. The van der Waals surface area contributed by atoms with Crippen LogP contribution in [0.1, 0.15) is 0 Å². The van der Waals surface area contributed by atoms with Gasteiger partial charge in [0.25, 0.3) is 0 Å². The second-order valence-corrected chi connectivity index (χ2v) is 5.62. The molecule has 0 heterocycles. The van der Waals surface area contributed by atoms with Crippen LogP contribution in [-0.2, 0) is 0 Å². The van der Waals surface area contributed by atoms with Gasteiger partial charge in [0, 0.05) is 5.56 Å². The van der Waals surface area contributed by atoms with E-state index in [2.05, 4.69) is 0 Å². The molecule has 2 N–H and O–H groups in total. The van der Waals surface area contributed by atoms with Gasteiger partial charge in [-0.2, -0.15) is 0 Å². The number of phenolic OH excluding ortho intramolecular Hbond substituents is 2. The van der Waals surface area contributed by atoms with Crippen molar-refractivity contribution >= 4 is 58.0 Å². The molecule has 0 aliphatic heterocycles. The molecule has 2 aromatic rings. The van der Waals surface area contributed by atoms with Crippen LogP contribution in [0.4, 0.5) is 0 Å². The third kappa shape index (κ3) is 2.69. The lowest BCUT2D eigenvalue weighted by atomic mass is 10.0. The van der Waals surface area contributed by atoms with E-state index in [9.17, 15) is 10.2 Å². The summed E-state index contributed by atoms with van der Waals surface area (Å²) in [6.07, 6.45) is 0. The van der Waals surface area contributed by atoms with Crippen LogP contribution < -0.4 is 0 Å². The molecule has 0 atom stereocenters. The lowest BCUT2D eigenvalue weighted by Crippen LogP contribution is -1.84. The van der Waals surface area contributed by atoms with E-state index in [-0.39, 0.29) is 36.6 Å². The molecule has 100 valence electrons. The van der Waals surface area contributed by atoms with Gasteiger partial charge in [0.15, 0.2) is 5.75 Å². The van der Waals surface area contributed by atoms with E-state index in [0.717, 1.165) is 0 Å². The van der Waals surface area contributed by atoms with Crippen LogP contribution in [0.2, 0.25) is 25.1 Å². The Balaban J connectivity index is 2.73. The summed E-state index contributed by atoms with van der Waals surface area (Å²) in [5, 5.41) is 19.5. The highest BCUT2D eigenvalue weighted by Crippen LogP contribution is 2.45. The van der Waals surface area contributed by atoms with Crippen molar-refractivity contribution in [1.29, 1.82) is 0 Å². The number of phenols is 2. The van der Waals surface area contributed by atoms with Crippen LogP contribution in [0.5, 0.6) is 11.5 Å². The minimum absolute atomic E-state index is 0.0370. The van der Waals surface area contributed by atoms with Gasteiger partial charge in [-0.3, -0.25) is 0 Å². The van der Waals surface area contributed by atoms with Crippen LogP contribution in [0.3, 0.4) is 0 Å². The van der Waals surface area contributed by atoms with Crippen LogP contribution in [0.25, 0.3) is 11.1 Å². The molecule has 2 rings (SSSR count). The van der Waals surface area contributed by atoms with E-state index in [1.807, 2.05) is 0 Å². The van der Waals surface area contributed by atoms with E-state index in [1.54, 1.807) is 0 Å². The number of halogens is 5. The number of rotatable bonds is 1.